The summed E-state index contributed by atoms with van der Waals surface area (Å²) in [7, 11) is 0. The third-order valence-electron chi connectivity index (χ3n) is 5.47. The minimum absolute atomic E-state index is 0.182. The fourth-order valence-electron chi connectivity index (χ4n) is 4.29. The molecule has 1 heterocycles. The molecule has 0 bridgehead atoms. The van der Waals surface area contributed by atoms with Crippen LogP contribution in [-0.2, 0) is 11.8 Å². The number of benzene rings is 3. The van der Waals surface area contributed by atoms with E-state index in [1.165, 1.54) is 0 Å². The molecule has 25 heavy (non-hydrogen) atoms. The Hall–Kier alpha value is -3.00. The summed E-state index contributed by atoms with van der Waals surface area (Å²) >= 11 is 0. The van der Waals surface area contributed by atoms with Gasteiger partial charge in [0.15, 0.2) is 5.78 Å². The highest BCUT2D eigenvalue weighted by atomic mass is 16.1. The number of rotatable bonds is 1. The van der Waals surface area contributed by atoms with E-state index in [9.17, 15) is 4.79 Å². The van der Waals surface area contributed by atoms with Crippen LogP contribution in [0.5, 0.6) is 0 Å². The van der Waals surface area contributed by atoms with E-state index in [-0.39, 0.29) is 5.78 Å². The molecule has 0 saturated heterocycles. The van der Waals surface area contributed by atoms with E-state index in [2.05, 4.69) is 24.3 Å². The molecule has 0 saturated carbocycles. The van der Waals surface area contributed by atoms with Crippen molar-refractivity contribution in [3.05, 3.63) is 101 Å². The lowest BCUT2D eigenvalue weighted by molar-refractivity contribution is 0.0914. The van der Waals surface area contributed by atoms with Crippen molar-refractivity contribution < 1.29 is 4.79 Å². The van der Waals surface area contributed by atoms with Gasteiger partial charge in [-0.25, -0.2) is 0 Å². The Morgan fingerprint density at radius 1 is 0.800 bits per heavy atom. The predicted octanol–water partition coefficient (Wildman–Crippen LogP) is 4.89. The van der Waals surface area contributed by atoms with Crippen molar-refractivity contribution in [3.8, 4) is 0 Å². The van der Waals surface area contributed by atoms with Crippen molar-refractivity contribution in [3.63, 3.8) is 0 Å². The van der Waals surface area contributed by atoms with E-state index < -0.39 is 5.41 Å². The van der Waals surface area contributed by atoms with E-state index in [1.54, 1.807) is 0 Å². The first-order valence-electron chi connectivity index (χ1n) is 8.67. The van der Waals surface area contributed by atoms with Crippen molar-refractivity contribution in [2.45, 2.75) is 18.3 Å². The summed E-state index contributed by atoms with van der Waals surface area (Å²) in [4.78, 5) is 18.6. The molecule has 0 radical (unpaired) electrons. The molecular formula is C23H17NO. The standard InChI is InChI=1S/C23H17NO/c25-22-18-11-5-4-8-16(18)14-15-23(22)19-12-6-7-13-20(19)24-21(23)17-9-2-1-3-10-17/h1-13H,14-15H2/t23-/m0/s1. The molecule has 1 aliphatic carbocycles. The van der Waals surface area contributed by atoms with E-state index in [4.69, 9.17) is 4.99 Å². The van der Waals surface area contributed by atoms with Gasteiger partial charge in [0, 0.05) is 5.56 Å². The number of para-hydroxylation sites is 1. The number of Topliss-reactive ketones (excluding diaryl/α,β-unsaturated/α-hetero) is 1. The van der Waals surface area contributed by atoms with E-state index in [1.807, 2.05) is 54.6 Å². The van der Waals surface area contributed by atoms with Gasteiger partial charge in [-0.3, -0.25) is 9.79 Å². The van der Waals surface area contributed by atoms with Gasteiger partial charge in [-0.15, -0.1) is 0 Å². The number of aryl methyl sites for hydroxylation is 1. The molecule has 3 aromatic carbocycles. The fraction of sp³-hybridized carbons (Fsp3) is 0.130. The Labute approximate surface area is 146 Å². The van der Waals surface area contributed by atoms with Gasteiger partial charge >= 0.3 is 0 Å². The highest BCUT2D eigenvalue weighted by Gasteiger charge is 2.52. The summed E-state index contributed by atoms with van der Waals surface area (Å²) in [6, 6.07) is 26.2. The smallest absolute Gasteiger partial charge is 0.179 e. The summed E-state index contributed by atoms with van der Waals surface area (Å²) < 4.78 is 0. The van der Waals surface area contributed by atoms with Crippen molar-refractivity contribution in [1.82, 2.24) is 0 Å². The zero-order valence-electron chi connectivity index (χ0n) is 13.8. The first kappa shape index (κ1) is 14.4. The predicted molar refractivity (Wildman–Crippen MR) is 99.9 cm³/mol. The highest BCUT2D eigenvalue weighted by molar-refractivity contribution is 6.29. The molecule has 0 N–H and O–H groups in total. The molecule has 1 aliphatic heterocycles. The maximum Gasteiger partial charge on any atom is 0.179 e. The summed E-state index contributed by atoms with van der Waals surface area (Å²) in [6.45, 7) is 0. The van der Waals surface area contributed by atoms with Crippen LogP contribution in [0.2, 0.25) is 0 Å². The third-order valence-corrected chi connectivity index (χ3v) is 5.47. The molecule has 120 valence electrons. The first-order valence-corrected chi connectivity index (χ1v) is 8.67. The Bertz CT molecular complexity index is 1020. The van der Waals surface area contributed by atoms with Crippen LogP contribution in [0.4, 0.5) is 5.69 Å². The Balaban J connectivity index is 1.78. The Kier molecular flexibility index (Phi) is 3.01. The van der Waals surface area contributed by atoms with Crippen LogP contribution in [0.25, 0.3) is 0 Å². The monoisotopic (exact) mass is 323 g/mol. The van der Waals surface area contributed by atoms with Gasteiger partial charge < -0.3 is 0 Å². The second kappa shape index (κ2) is 5.25. The number of carbonyl (C=O) groups excluding carboxylic acids is 1. The van der Waals surface area contributed by atoms with Crippen LogP contribution in [0.3, 0.4) is 0 Å². The summed E-state index contributed by atoms with van der Waals surface area (Å²) in [5.41, 5.74) is 5.23. The summed E-state index contributed by atoms with van der Waals surface area (Å²) in [6.07, 6.45) is 1.66. The van der Waals surface area contributed by atoms with Crippen molar-refractivity contribution >= 4 is 17.2 Å². The average Bonchev–Trinajstić information content (AvgIpc) is 3.01. The van der Waals surface area contributed by atoms with E-state index in [0.717, 1.165) is 46.5 Å². The number of hydrogen-bond acceptors (Lipinski definition) is 2. The lowest BCUT2D eigenvalue weighted by Crippen LogP contribution is -2.45. The van der Waals surface area contributed by atoms with Crippen molar-refractivity contribution in [2.24, 2.45) is 4.99 Å². The molecular weight excluding hydrogens is 306 g/mol. The molecule has 2 aliphatic rings. The second-order valence-electron chi connectivity index (χ2n) is 6.74. The Morgan fingerprint density at radius 3 is 2.40 bits per heavy atom. The number of hydrogen-bond donors (Lipinski definition) is 0. The van der Waals surface area contributed by atoms with Crippen molar-refractivity contribution in [1.29, 1.82) is 0 Å². The van der Waals surface area contributed by atoms with Crippen LogP contribution >= 0.6 is 0 Å². The zero-order valence-corrected chi connectivity index (χ0v) is 13.8. The van der Waals surface area contributed by atoms with Gasteiger partial charge in [-0.1, -0.05) is 72.8 Å². The number of aliphatic imine (C=N–C) groups is 1. The normalized spacial score (nSPS) is 21.0. The van der Waals surface area contributed by atoms with Gasteiger partial charge in [-0.2, -0.15) is 0 Å². The molecule has 2 heteroatoms. The number of fused-ring (bicyclic) bond motifs is 3. The molecule has 0 unspecified atom stereocenters. The van der Waals surface area contributed by atoms with E-state index >= 15 is 0 Å². The van der Waals surface area contributed by atoms with Gasteiger partial charge in [0.05, 0.1) is 11.4 Å². The van der Waals surface area contributed by atoms with Crippen LogP contribution in [0.1, 0.15) is 33.5 Å². The van der Waals surface area contributed by atoms with Gasteiger partial charge in [-0.05, 0) is 35.6 Å². The first-order chi connectivity index (χ1) is 12.3. The van der Waals surface area contributed by atoms with Crippen LogP contribution in [0, 0.1) is 0 Å². The summed E-state index contributed by atoms with van der Waals surface area (Å²) in [5, 5.41) is 0. The number of nitrogens with zero attached hydrogens (tertiary/aromatic N) is 1. The maximum absolute atomic E-state index is 13.7. The lowest BCUT2D eigenvalue weighted by Gasteiger charge is -2.35. The zero-order chi connectivity index (χ0) is 16.9. The van der Waals surface area contributed by atoms with Crippen molar-refractivity contribution in [2.75, 3.05) is 0 Å². The van der Waals surface area contributed by atoms with Gasteiger partial charge in [0.2, 0.25) is 0 Å². The molecule has 3 aromatic rings. The third kappa shape index (κ3) is 1.91. The lowest BCUT2D eigenvalue weighted by atomic mass is 9.63. The molecule has 0 aromatic heterocycles. The Morgan fingerprint density at radius 2 is 1.52 bits per heavy atom. The van der Waals surface area contributed by atoms with Gasteiger partial charge in [0.25, 0.3) is 0 Å². The quantitative estimate of drug-likeness (QED) is 0.627. The highest BCUT2D eigenvalue weighted by Crippen LogP contribution is 2.49. The number of ketones is 1. The van der Waals surface area contributed by atoms with E-state index in [0.29, 0.717) is 0 Å². The minimum Gasteiger partial charge on any atom is -0.293 e. The SMILES string of the molecule is O=C1c2ccccc2CC[C@]12C(c1ccccc1)=Nc1ccccc12. The molecule has 5 rings (SSSR count). The second-order valence-corrected chi connectivity index (χ2v) is 6.74. The van der Waals surface area contributed by atoms with Crippen LogP contribution in [-0.4, -0.2) is 11.5 Å². The number of carbonyl (C=O) groups is 1. The fourth-order valence-corrected chi connectivity index (χ4v) is 4.29. The summed E-state index contributed by atoms with van der Waals surface area (Å²) in [5.74, 6) is 0.182. The largest absolute Gasteiger partial charge is 0.293 e. The maximum atomic E-state index is 13.7. The molecule has 0 amide bonds. The van der Waals surface area contributed by atoms with Crippen LogP contribution < -0.4 is 0 Å². The molecule has 1 atom stereocenters. The molecule has 1 spiro atoms. The minimum atomic E-state index is -0.660. The van der Waals surface area contributed by atoms with Crippen LogP contribution in [0.15, 0.2) is 83.9 Å². The topological polar surface area (TPSA) is 29.4 Å². The molecule has 0 fully saturated rings. The average molecular weight is 323 g/mol. The van der Waals surface area contributed by atoms with Gasteiger partial charge in [0.1, 0.15) is 5.41 Å². The molecule has 2 nitrogen and oxygen atoms in total.